The van der Waals surface area contributed by atoms with Gasteiger partial charge in [-0.3, -0.25) is 4.79 Å². The molecule has 0 saturated heterocycles. The highest BCUT2D eigenvalue weighted by molar-refractivity contribution is 5.94. The standard InChI is InChI=1S/C29H33F3N4O5/c1-4-16(2)23(35-27(40)33-15-17-8-10-18(41-3)11-9-17)25(37)36-28(26(38)39)13-12-22-20(14-28)19-6-5-7-21(24(19)34-22)29(30,31)32/h5-11,16,23,34H,4,12-15H2,1-3H3,(H,36,37)(H,38,39)(H2,33,35,40)/t16?,23?,28-/m1/s1. The first-order valence-corrected chi connectivity index (χ1v) is 13.3. The third-order valence-corrected chi connectivity index (χ3v) is 7.78. The summed E-state index contributed by atoms with van der Waals surface area (Å²) in [6.45, 7) is 3.79. The van der Waals surface area contributed by atoms with E-state index in [2.05, 4.69) is 20.9 Å². The average molecular weight is 575 g/mol. The van der Waals surface area contributed by atoms with Crippen molar-refractivity contribution in [3.63, 3.8) is 0 Å². The molecule has 41 heavy (non-hydrogen) atoms. The van der Waals surface area contributed by atoms with Crippen LogP contribution in [0.3, 0.4) is 0 Å². The lowest BCUT2D eigenvalue weighted by Crippen LogP contribution is -2.63. The minimum atomic E-state index is -4.59. The van der Waals surface area contributed by atoms with Gasteiger partial charge in [-0.25, -0.2) is 9.59 Å². The summed E-state index contributed by atoms with van der Waals surface area (Å²) in [5, 5.41) is 18.5. The maximum atomic E-state index is 13.6. The molecule has 0 spiro atoms. The number of carbonyl (C=O) groups is 3. The predicted molar refractivity (Wildman–Crippen MR) is 145 cm³/mol. The van der Waals surface area contributed by atoms with Gasteiger partial charge in [-0.15, -0.1) is 0 Å². The van der Waals surface area contributed by atoms with E-state index in [1.165, 1.54) is 12.1 Å². The number of benzene rings is 2. The Morgan fingerprint density at radius 1 is 1.15 bits per heavy atom. The number of carboxylic acids is 1. The first-order chi connectivity index (χ1) is 19.4. The minimum Gasteiger partial charge on any atom is -0.497 e. The van der Waals surface area contributed by atoms with E-state index in [-0.39, 0.29) is 42.6 Å². The summed E-state index contributed by atoms with van der Waals surface area (Å²) in [5.74, 6) is -1.65. The number of aliphatic carboxylic acids is 1. The molecular weight excluding hydrogens is 541 g/mol. The fourth-order valence-corrected chi connectivity index (χ4v) is 5.18. The Hall–Kier alpha value is -4.22. The van der Waals surface area contributed by atoms with Gasteiger partial charge in [0.15, 0.2) is 0 Å². The van der Waals surface area contributed by atoms with Crippen molar-refractivity contribution in [2.75, 3.05) is 7.11 Å². The van der Waals surface area contributed by atoms with Crippen LogP contribution in [0.4, 0.5) is 18.0 Å². The van der Waals surface area contributed by atoms with Gasteiger partial charge in [0.25, 0.3) is 0 Å². The number of carboxylic acid groups (broad SMARTS) is 1. The zero-order valence-corrected chi connectivity index (χ0v) is 22.9. The zero-order valence-electron chi connectivity index (χ0n) is 22.9. The summed E-state index contributed by atoms with van der Waals surface area (Å²) in [6.07, 6.45) is -4.19. The number of amides is 3. The van der Waals surface area contributed by atoms with Gasteiger partial charge in [0.05, 0.1) is 18.2 Å². The Labute approximate surface area is 234 Å². The van der Waals surface area contributed by atoms with Crippen molar-refractivity contribution in [1.82, 2.24) is 20.9 Å². The van der Waals surface area contributed by atoms with Crippen LogP contribution >= 0.6 is 0 Å². The van der Waals surface area contributed by atoms with E-state index in [0.717, 1.165) is 11.6 Å². The lowest BCUT2D eigenvalue weighted by Gasteiger charge is -2.36. The molecule has 1 aliphatic carbocycles. The van der Waals surface area contributed by atoms with E-state index >= 15 is 0 Å². The van der Waals surface area contributed by atoms with Gasteiger partial charge in [-0.2, -0.15) is 13.2 Å². The number of nitrogens with one attached hydrogen (secondary N) is 4. The number of aromatic amines is 1. The Kier molecular flexibility index (Phi) is 8.50. The number of methoxy groups -OCH3 is 1. The van der Waals surface area contributed by atoms with Crippen molar-refractivity contribution >= 4 is 28.8 Å². The lowest BCUT2D eigenvalue weighted by molar-refractivity contribution is -0.148. The highest BCUT2D eigenvalue weighted by atomic mass is 19.4. The van der Waals surface area contributed by atoms with Crippen molar-refractivity contribution in [1.29, 1.82) is 0 Å². The first kappa shape index (κ1) is 29.8. The molecule has 220 valence electrons. The molecule has 1 heterocycles. The third kappa shape index (κ3) is 6.26. The number of ether oxygens (including phenoxy) is 1. The molecule has 4 rings (SSSR count). The Balaban J connectivity index is 1.53. The highest BCUT2D eigenvalue weighted by Gasteiger charge is 2.46. The minimum absolute atomic E-state index is 0.0356. The maximum Gasteiger partial charge on any atom is 0.418 e. The molecule has 0 saturated carbocycles. The topological polar surface area (TPSA) is 133 Å². The second kappa shape index (κ2) is 11.7. The molecule has 3 amide bonds. The summed E-state index contributed by atoms with van der Waals surface area (Å²) < 4.78 is 45.9. The molecule has 0 radical (unpaired) electrons. The maximum absolute atomic E-state index is 13.6. The van der Waals surface area contributed by atoms with Crippen LogP contribution in [0.2, 0.25) is 0 Å². The monoisotopic (exact) mass is 574 g/mol. The molecule has 3 atom stereocenters. The van der Waals surface area contributed by atoms with Gasteiger partial charge in [-0.05, 0) is 48.1 Å². The van der Waals surface area contributed by atoms with Crippen LogP contribution in [0.1, 0.15) is 49.1 Å². The number of hydrogen-bond acceptors (Lipinski definition) is 4. The van der Waals surface area contributed by atoms with Crippen LogP contribution in [0.25, 0.3) is 10.9 Å². The van der Waals surface area contributed by atoms with Crippen molar-refractivity contribution in [3.8, 4) is 5.75 Å². The molecule has 1 aliphatic rings. The van der Waals surface area contributed by atoms with Crippen LogP contribution < -0.4 is 20.7 Å². The number of halogens is 3. The number of rotatable bonds is 9. The number of aryl methyl sites for hydroxylation is 1. The molecule has 0 bridgehead atoms. The van der Waals surface area contributed by atoms with E-state index < -0.39 is 41.2 Å². The number of hydrogen-bond donors (Lipinski definition) is 5. The summed E-state index contributed by atoms with van der Waals surface area (Å²) in [4.78, 5) is 41.7. The van der Waals surface area contributed by atoms with Crippen molar-refractivity contribution < 1.29 is 37.4 Å². The quantitative estimate of drug-likeness (QED) is 0.256. The summed E-state index contributed by atoms with van der Waals surface area (Å²) in [7, 11) is 1.55. The highest BCUT2D eigenvalue weighted by Crippen LogP contribution is 2.40. The van der Waals surface area contributed by atoms with Crippen molar-refractivity contribution in [2.24, 2.45) is 5.92 Å². The van der Waals surface area contributed by atoms with Crippen LogP contribution in [-0.4, -0.2) is 46.7 Å². The van der Waals surface area contributed by atoms with Gasteiger partial charge in [0.1, 0.15) is 17.3 Å². The normalized spacial score (nSPS) is 18.2. The number of carbonyl (C=O) groups excluding carboxylic acids is 2. The van der Waals surface area contributed by atoms with E-state index in [4.69, 9.17) is 4.74 Å². The van der Waals surface area contributed by atoms with Gasteiger partial charge < -0.3 is 30.8 Å². The molecule has 5 N–H and O–H groups in total. The van der Waals surface area contributed by atoms with E-state index in [9.17, 15) is 32.7 Å². The second-order valence-electron chi connectivity index (χ2n) is 10.4. The number of H-pyrrole nitrogens is 1. The number of fused-ring (bicyclic) bond motifs is 3. The molecule has 2 unspecified atom stereocenters. The molecule has 0 aliphatic heterocycles. The average Bonchev–Trinajstić information content (AvgIpc) is 3.31. The number of aromatic nitrogens is 1. The van der Waals surface area contributed by atoms with E-state index in [1.807, 2.05) is 6.92 Å². The first-order valence-electron chi connectivity index (χ1n) is 13.3. The van der Waals surface area contributed by atoms with Gasteiger partial charge in [0, 0.05) is 24.0 Å². The smallest absolute Gasteiger partial charge is 0.418 e. The van der Waals surface area contributed by atoms with Gasteiger partial charge in [-0.1, -0.05) is 44.5 Å². The second-order valence-corrected chi connectivity index (χ2v) is 10.4. The number of alkyl halides is 3. The fourth-order valence-electron chi connectivity index (χ4n) is 5.18. The number of urea groups is 1. The molecule has 2 aromatic carbocycles. The van der Waals surface area contributed by atoms with Crippen LogP contribution in [0, 0.1) is 5.92 Å². The Bertz CT molecular complexity index is 1440. The molecule has 12 heteroatoms. The van der Waals surface area contributed by atoms with Gasteiger partial charge >= 0.3 is 18.2 Å². The summed E-state index contributed by atoms with van der Waals surface area (Å²) >= 11 is 0. The fraction of sp³-hybridized carbons (Fsp3) is 0.414. The molecular formula is C29H33F3N4O5. The van der Waals surface area contributed by atoms with Gasteiger partial charge in [0.2, 0.25) is 5.91 Å². The Morgan fingerprint density at radius 2 is 1.85 bits per heavy atom. The predicted octanol–water partition coefficient (Wildman–Crippen LogP) is 4.54. The molecule has 1 aromatic heterocycles. The third-order valence-electron chi connectivity index (χ3n) is 7.78. The van der Waals surface area contributed by atoms with Crippen molar-refractivity contribution in [3.05, 3.63) is 64.8 Å². The van der Waals surface area contributed by atoms with Crippen LogP contribution in [0.5, 0.6) is 5.75 Å². The lowest BCUT2D eigenvalue weighted by atomic mass is 9.79. The van der Waals surface area contributed by atoms with Crippen LogP contribution in [0.15, 0.2) is 42.5 Å². The van der Waals surface area contributed by atoms with E-state index in [1.54, 1.807) is 38.3 Å². The zero-order chi connectivity index (χ0) is 29.9. The Morgan fingerprint density at radius 3 is 2.46 bits per heavy atom. The largest absolute Gasteiger partial charge is 0.497 e. The molecule has 3 aromatic rings. The van der Waals surface area contributed by atoms with Crippen LogP contribution in [-0.2, 0) is 35.2 Å². The van der Waals surface area contributed by atoms with Crippen molar-refractivity contribution in [2.45, 2.75) is 63.8 Å². The summed E-state index contributed by atoms with van der Waals surface area (Å²) in [5.41, 5.74) is -0.968. The van der Waals surface area contributed by atoms with E-state index in [0.29, 0.717) is 23.4 Å². The summed E-state index contributed by atoms with van der Waals surface area (Å²) in [6, 6.07) is 9.19. The SMILES string of the molecule is CCC(C)C(NC(=O)NCc1ccc(OC)cc1)C(=O)N[C@]1(C(=O)O)CCc2[nH]c3c(C(F)(F)F)cccc3c2C1. The molecule has 0 fully saturated rings. The molecule has 9 nitrogen and oxygen atoms in total. The number of para-hydroxylation sites is 1.